The SMILES string of the molecule is C=CCCCCOc1ccnc2c1CCC1=C2N=CCC1OCCCCC=C. The van der Waals surface area contributed by atoms with Gasteiger partial charge in [-0.05, 0) is 63.0 Å². The van der Waals surface area contributed by atoms with E-state index in [-0.39, 0.29) is 6.10 Å². The Balaban J connectivity index is 1.66. The molecule has 0 saturated heterocycles. The van der Waals surface area contributed by atoms with Crippen molar-refractivity contribution in [3.05, 3.63) is 54.4 Å². The molecule has 0 saturated carbocycles. The lowest BCUT2D eigenvalue weighted by molar-refractivity contribution is 0.0773. The van der Waals surface area contributed by atoms with E-state index in [0.717, 1.165) is 88.1 Å². The van der Waals surface area contributed by atoms with Crippen molar-refractivity contribution in [1.29, 1.82) is 0 Å². The lowest BCUT2D eigenvalue weighted by atomic mass is 9.87. The van der Waals surface area contributed by atoms with Crippen LogP contribution in [0, 0.1) is 0 Å². The highest BCUT2D eigenvalue weighted by atomic mass is 16.5. The third-order valence-corrected chi connectivity index (χ3v) is 5.30. The fraction of sp³-hybridized carbons (Fsp3) is 0.500. The number of hydrogen-bond acceptors (Lipinski definition) is 4. The normalized spacial score (nSPS) is 17.8. The second kappa shape index (κ2) is 11.0. The van der Waals surface area contributed by atoms with Crippen LogP contribution >= 0.6 is 0 Å². The van der Waals surface area contributed by atoms with Crippen LogP contribution in [0.15, 0.2) is 48.1 Å². The Morgan fingerprint density at radius 1 is 1.04 bits per heavy atom. The quantitative estimate of drug-likeness (QED) is 0.345. The van der Waals surface area contributed by atoms with Gasteiger partial charge in [0.15, 0.2) is 0 Å². The van der Waals surface area contributed by atoms with E-state index in [2.05, 4.69) is 18.1 Å². The molecule has 150 valence electrons. The number of fused-ring (bicyclic) bond motifs is 2. The number of aliphatic imine (C=N–C) groups is 1. The largest absolute Gasteiger partial charge is 0.493 e. The van der Waals surface area contributed by atoms with E-state index in [0.29, 0.717) is 0 Å². The molecule has 0 fully saturated rings. The maximum atomic E-state index is 6.20. The molecule has 1 unspecified atom stereocenters. The van der Waals surface area contributed by atoms with Crippen LogP contribution in [-0.4, -0.2) is 30.5 Å². The van der Waals surface area contributed by atoms with Gasteiger partial charge in [-0.2, -0.15) is 0 Å². The molecule has 28 heavy (non-hydrogen) atoms. The molecule has 2 aliphatic rings. The zero-order valence-electron chi connectivity index (χ0n) is 16.9. The molecule has 0 bridgehead atoms. The Bertz CT molecular complexity index is 736. The highest BCUT2D eigenvalue weighted by molar-refractivity contribution is 5.81. The summed E-state index contributed by atoms with van der Waals surface area (Å²) in [5.41, 5.74) is 4.46. The van der Waals surface area contributed by atoms with Gasteiger partial charge in [0.1, 0.15) is 5.75 Å². The fourth-order valence-corrected chi connectivity index (χ4v) is 3.78. The highest BCUT2D eigenvalue weighted by Crippen LogP contribution is 2.39. The molecular weight excluding hydrogens is 348 g/mol. The molecule has 2 heterocycles. The van der Waals surface area contributed by atoms with Gasteiger partial charge in [-0.25, -0.2) is 0 Å². The van der Waals surface area contributed by atoms with Gasteiger partial charge in [-0.1, -0.05) is 12.2 Å². The molecule has 0 N–H and O–H groups in total. The fourth-order valence-electron chi connectivity index (χ4n) is 3.78. The average molecular weight is 381 g/mol. The van der Waals surface area contributed by atoms with Gasteiger partial charge in [0, 0.05) is 31.0 Å². The van der Waals surface area contributed by atoms with Crippen molar-refractivity contribution in [3.8, 4) is 5.75 Å². The zero-order valence-corrected chi connectivity index (χ0v) is 16.9. The highest BCUT2D eigenvalue weighted by Gasteiger charge is 2.29. The van der Waals surface area contributed by atoms with Gasteiger partial charge >= 0.3 is 0 Å². The number of nitrogens with zero attached hydrogens (tertiary/aromatic N) is 2. The first-order valence-electron chi connectivity index (χ1n) is 10.5. The predicted molar refractivity (Wildman–Crippen MR) is 116 cm³/mol. The van der Waals surface area contributed by atoms with Crippen LogP contribution in [0.2, 0.25) is 0 Å². The summed E-state index contributed by atoms with van der Waals surface area (Å²) in [5, 5.41) is 0. The zero-order chi connectivity index (χ0) is 19.6. The van der Waals surface area contributed by atoms with Crippen molar-refractivity contribution < 1.29 is 9.47 Å². The van der Waals surface area contributed by atoms with Crippen LogP contribution in [0.1, 0.15) is 62.6 Å². The molecule has 0 radical (unpaired) electrons. The predicted octanol–water partition coefficient (Wildman–Crippen LogP) is 5.69. The smallest absolute Gasteiger partial charge is 0.126 e. The molecule has 1 aromatic heterocycles. The van der Waals surface area contributed by atoms with E-state index < -0.39 is 0 Å². The number of aromatic nitrogens is 1. The van der Waals surface area contributed by atoms with Gasteiger partial charge in [0.05, 0.1) is 24.1 Å². The standard InChI is InChI=1S/C24H32N2O2/c1-3-5-7-9-17-27-21-13-15-25-23-19(21)11-12-20-22(14-16-26-24(20)23)28-18-10-8-6-4-2/h3-4,13,15-16,22H,1-2,5-12,14,17-18H2. The number of unbranched alkanes of at least 4 members (excludes halogenated alkanes) is 4. The Labute approximate surface area is 169 Å². The van der Waals surface area contributed by atoms with Crippen molar-refractivity contribution in [2.75, 3.05) is 13.2 Å². The van der Waals surface area contributed by atoms with E-state index in [1.54, 1.807) is 0 Å². The summed E-state index contributed by atoms with van der Waals surface area (Å²) >= 11 is 0. The topological polar surface area (TPSA) is 43.7 Å². The molecule has 4 heteroatoms. The van der Waals surface area contributed by atoms with E-state index in [9.17, 15) is 0 Å². The number of ether oxygens (including phenoxy) is 2. The Hall–Kier alpha value is -2.20. The van der Waals surface area contributed by atoms with E-state index in [1.807, 2.05) is 30.6 Å². The first kappa shape index (κ1) is 20.5. The summed E-state index contributed by atoms with van der Waals surface area (Å²) in [6.07, 6.45) is 17.1. The molecule has 1 aliphatic carbocycles. The minimum atomic E-state index is 0.134. The Morgan fingerprint density at radius 3 is 2.61 bits per heavy atom. The van der Waals surface area contributed by atoms with E-state index in [4.69, 9.17) is 14.5 Å². The first-order chi connectivity index (χ1) is 13.8. The number of hydrogen-bond donors (Lipinski definition) is 0. The maximum Gasteiger partial charge on any atom is 0.126 e. The van der Waals surface area contributed by atoms with Crippen LogP contribution in [0.3, 0.4) is 0 Å². The molecule has 4 nitrogen and oxygen atoms in total. The Kier molecular flexibility index (Phi) is 8.04. The molecule has 0 aromatic carbocycles. The average Bonchev–Trinajstić information content (AvgIpc) is 2.73. The van der Waals surface area contributed by atoms with Gasteiger partial charge in [-0.15, -0.1) is 13.2 Å². The maximum absolute atomic E-state index is 6.20. The summed E-state index contributed by atoms with van der Waals surface area (Å²) in [7, 11) is 0. The summed E-state index contributed by atoms with van der Waals surface area (Å²) in [4.78, 5) is 9.34. The lowest BCUT2D eigenvalue weighted by Crippen LogP contribution is -2.24. The molecule has 1 atom stereocenters. The van der Waals surface area contributed by atoms with Crippen molar-refractivity contribution in [2.45, 2.75) is 63.9 Å². The second-order valence-corrected chi connectivity index (χ2v) is 7.33. The molecule has 1 aromatic rings. The minimum absolute atomic E-state index is 0.134. The van der Waals surface area contributed by atoms with Crippen LogP contribution in [0.4, 0.5) is 0 Å². The van der Waals surface area contributed by atoms with Gasteiger partial charge in [-0.3, -0.25) is 9.98 Å². The lowest BCUT2D eigenvalue weighted by Gasteiger charge is -2.29. The van der Waals surface area contributed by atoms with E-state index in [1.165, 1.54) is 11.1 Å². The van der Waals surface area contributed by atoms with Gasteiger partial charge in [0.2, 0.25) is 0 Å². The molecule has 3 rings (SSSR count). The molecule has 0 spiro atoms. The minimum Gasteiger partial charge on any atom is -0.493 e. The van der Waals surface area contributed by atoms with Crippen molar-refractivity contribution in [3.63, 3.8) is 0 Å². The van der Waals surface area contributed by atoms with E-state index >= 15 is 0 Å². The number of allylic oxidation sites excluding steroid dienone is 2. The summed E-state index contributed by atoms with van der Waals surface area (Å²) in [6, 6.07) is 1.98. The monoisotopic (exact) mass is 380 g/mol. The van der Waals surface area contributed by atoms with Crippen LogP contribution in [-0.2, 0) is 11.2 Å². The summed E-state index contributed by atoms with van der Waals surface area (Å²) in [5.74, 6) is 0.956. The molecule has 0 amide bonds. The van der Waals surface area contributed by atoms with Crippen LogP contribution in [0.5, 0.6) is 5.75 Å². The van der Waals surface area contributed by atoms with Crippen molar-refractivity contribution >= 4 is 11.9 Å². The second-order valence-electron chi connectivity index (χ2n) is 7.33. The number of rotatable bonds is 12. The molecular formula is C24H32N2O2. The van der Waals surface area contributed by atoms with Crippen LogP contribution in [0.25, 0.3) is 5.70 Å². The van der Waals surface area contributed by atoms with Crippen LogP contribution < -0.4 is 4.74 Å². The molecule has 1 aliphatic heterocycles. The van der Waals surface area contributed by atoms with Gasteiger partial charge in [0.25, 0.3) is 0 Å². The summed E-state index contributed by atoms with van der Waals surface area (Å²) in [6.45, 7) is 9.06. The Morgan fingerprint density at radius 2 is 1.82 bits per heavy atom. The van der Waals surface area contributed by atoms with Gasteiger partial charge < -0.3 is 9.47 Å². The summed E-state index contributed by atoms with van der Waals surface area (Å²) < 4.78 is 12.3. The third kappa shape index (κ3) is 5.20. The third-order valence-electron chi connectivity index (χ3n) is 5.30. The number of pyridine rings is 1. The first-order valence-corrected chi connectivity index (χ1v) is 10.5. The van der Waals surface area contributed by atoms with Crippen molar-refractivity contribution in [2.24, 2.45) is 4.99 Å². The van der Waals surface area contributed by atoms with Crippen molar-refractivity contribution in [1.82, 2.24) is 4.98 Å².